The molecule has 1 heterocycles. The summed E-state index contributed by atoms with van der Waals surface area (Å²) in [7, 11) is 2.90. The smallest absolute Gasteiger partial charge is 0.330 e. The minimum Gasteiger partial charge on any atom is -0.497 e. The molecule has 0 aromatic heterocycles. The Morgan fingerprint density at radius 1 is 1.17 bits per heavy atom. The number of benzene rings is 2. The fourth-order valence-electron chi connectivity index (χ4n) is 4.11. The second-order valence-electron chi connectivity index (χ2n) is 8.13. The summed E-state index contributed by atoms with van der Waals surface area (Å²) < 4.78 is 15.5. The van der Waals surface area contributed by atoms with Crippen LogP contribution in [0.5, 0.6) is 5.75 Å². The first-order valence-electron chi connectivity index (χ1n) is 11.6. The molecule has 0 unspecified atom stereocenters. The predicted molar refractivity (Wildman–Crippen MR) is 141 cm³/mol. The van der Waals surface area contributed by atoms with Gasteiger partial charge in [-0.05, 0) is 42.7 Å². The lowest BCUT2D eigenvalue weighted by molar-refractivity contribution is -0.147. The average Bonchev–Trinajstić information content (AvgIpc) is 2.89. The summed E-state index contributed by atoms with van der Waals surface area (Å²) in [4.78, 5) is 39.9. The maximum atomic E-state index is 12.8. The summed E-state index contributed by atoms with van der Waals surface area (Å²) in [6, 6.07) is 13.5. The first kappa shape index (κ1) is 27.8. The number of hydrogen-bond acceptors (Lipinski definition) is 8. The van der Waals surface area contributed by atoms with E-state index in [2.05, 4.69) is 0 Å². The second kappa shape index (κ2) is 13.5. The summed E-state index contributed by atoms with van der Waals surface area (Å²) in [6.45, 7) is 2.88. The molecule has 1 aliphatic heterocycles. The zero-order valence-corrected chi connectivity index (χ0v) is 22.1. The Bertz CT molecular complexity index is 1120. The number of esters is 2. The van der Waals surface area contributed by atoms with Gasteiger partial charge in [-0.1, -0.05) is 41.9 Å². The Hall–Kier alpha value is -2.81. The van der Waals surface area contributed by atoms with Gasteiger partial charge in [0.15, 0.2) is 5.78 Å². The number of thioether (sulfide) groups is 1. The van der Waals surface area contributed by atoms with Crippen LogP contribution in [-0.2, 0) is 19.1 Å². The van der Waals surface area contributed by atoms with Crippen molar-refractivity contribution in [3.8, 4) is 5.75 Å². The fraction of sp³-hybridized carbons (Fsp3) is 0.370. The Balaban J connectivity index is 1.81. The van der Waals surface area contributed by atoms with Gasteiger partial charge in [0.05, 0.1) is 26.6 Å². The van der Waals surface area contributed by atoms with Gasteiger partial charge in [0.1, 0.15) is 11.8 Å². The molecular weight excluding hydrogens is 502 g/mol. The molecule has 1 fully saturated rings. The summed E-state index contributed by atoms with van der Waals surface area (Å²) in [6.07, 6.45) is 2.10. The van der Waals surface area contributed by atoms with E-state index in [1.807, 2.05) is 11.0 Å². The van der Waals surface area contributed by atoms with Crippen molar-refractivity contribution in [2.24, 2.45) is 0 Å². The summed E-state index contributed by atoms with van der Waals surface area (Å²) in [5.41, 5.74) is 1.99. The van der Waals surface area contributed by atoms with Crippen molar-refractivity contribution >= 4 is 41.1 Å². The van der Waals surface area contributed by atoms with Crippen LogP contribution in [-0.4, -0.2) is 67.5 Å². The first-order valence-corrected chi connectivity index (χ1v) is 13.0. The van der Waals surface area contributed by atoms with Crippen LogP contribution in [0.2, 0.25) is 5.02 Å². The summed E-state index contributed by atoms with van der Waals surface area (Å²) >= 11 is 7.89. The van der Waals surface area contributed by atoms with Crippen molar-refractivity contribution in [1.29, 1.82) is 0 Å². The first-order chi connectivity index (χ1) is 17.4. The lowest BCUT2D eigenvalue weighted by atomic mass is 9.98. The minimum atomic E-state index is -0.723. The maximum Gasteiger partial charge on any atom is 0.330 e. The fourth-order valence-corrected chi connectivity index (χ4v) is 5.49. The molecule has 0 radical (unpaired) electrons. The van der Waals surface area contributed by atoms with E-state index < -0.39 is 18.0 Å². The van der Waals surface area contributed by atoms with Gasteiger partial charge in [0.2, 0.25) is 0 Å². The number of methoxy groups -OCH3 is 2. The van der Waals surface area contributed by atoms with Crippen molar-refractivity contribution in [3.05, 3.63) is 76.3 Å². The zero-order chi connectivity index (χ0) is 26.1. The molecule has 2 aromatic rings. The number of carbonyl (C=O) groups is 3. The SMILES string of the molecule is CCOC(=O)/C=C1\CN([C@H](C(=O)OC)c2ccccc2Cl)CC[C@H]1SCC(=O)c1cccc(OC)c1. The van der Waals surface area contributed by atoms with E-state index in [0.717, 1.165) is 5.57 Å². The van der Waals surface area contributed by atoms with Crippen LogP contribution in [0, 0.1) is 0 Å². The third-order valence-electron chi connectivity index (χ3n) is 5.86. The monoisotopic (exact) mass is 531 g/mol. The number of rotatable bonds is 10. The second-order valence-corrected chi connectivity index (χ2v) is 9.73. The van der Waals surface area contributed by atoms with Crippen LogP contribution in [0.1, 0.15) is 35.3 Å². The lowest BCUT2D eigenvalue weighted by Crippen LogP contribution is -2.43. The molecule has 36 heavy (non-hydrogen) atoms. The summed E-state index contributed by atoms with van der Waals surface area (Å²) in [5.74, 6) is -0.0525. The van der Waals surface area contributed by atoms with Crippen LogP contribution >= 0.6 is 23.4 Å². The number of piperidine rings is 1. The highest BCUT2D eigenvalue weighted by atomic mass is 35.5. The number of halogens is 1. The van der Waals surface area contributed by atoms with Crippen LogP contribution < -0.4 is 4.74 Å². The highest BCUT2D eigenvalue weighted by Gasteiger charge is 2.35. The molecule has 192 valence electrons. The third kappa shape index (κ3) is 7.12. The molecule has 1 saturated heterocycles. The number of Topliss-reactive ketones (excluding diaryl/α,β-unsaturated/α-hetero) is 1. The predicted octanol–water partition coefficient (Wildman–Crippen LogP) is 4.74. The van der Waals surface area contributed by atoms with E-state index in [1.165, 1.54) is 24.9 Å². The number of hydrogen-bond donors (Lipinski definition) is 0. The van der Waals surface area contributed by atoms with Crippen molar-refractivity contribution in [2.45, 2.75) is 24.6 Å². The van der Waals surface area contributed by atoms with Gasteiger partial charge >= 0.3 is 11.9 Å². The highest BCUT2D eigenvalue weighted by Crippen LogP contribution is 2.35. The van der Waals surface area contributed by atoms with Gasteiger partial charge in [-0.15, -0.1) is 11.8 Å². The number of carbonyl (C=O) groups excluding carboxylic acids is 3. The van der Waals surface area contributed by atoms with Gasteiger partial charge in [-0.3, -0.25) is 9.69 Å². The molecular formula is C27H30ClNO6S. The summed E-state index contributed by atoms with van der Waals surface area (Å²) in [5, 5.41) is 0.369. The zero-order valence-electron chi connectivity index (χ0n) is 20.6. The molecule has 0 bridgehead atoms. The van der Waals surface area contributed by atoms with Crippen molar-refractivity contribution in [3.63, 3.8) is 0 Å². The van der Waals surface area contributed by atoms with Crippen molar-refractivity contribution < 1.29 is 28.6 Å². The lowest BCUT2D eigenvalue weighted by Gasteiger charge is -2.38. The van der Waals surface area contributed by atoms with E-state index in [0.29, 0.717) is 41.4 Å². The molecule has 0 aliphatic carbocycles. The molecule has 3 rings (SSSR count). The Labute approximate surface area is 220 Å². The molecule has 9 heteroatoms. The van der Waals surface area contributed by atoms with E-state index >= 15 is 0 Å². The largest absolute Gasteiger partial charge is 0.497 e. The number of ether oxygens (including phenoxy) is 3. The number of ketones is 1. The van der Waals surface area contributed by atoms with E-state index in [4.69, 9.17) is 25.8 Å². The molecule has 0 N–H and O–H groups in total. The van der Waals surface area contributed by atoms with Gasteiger partial charge in [0.25, 0.3) is 0 Å². The molecule has 7 nitrogen and oxygen atoms in total. The standard InChI is InChI=1S/C27H30ClNO6S/c1-4-35-25(31)15-19-16-29(26(27(32)34-3)21-10-5-6-11-22(21)28)13-12-24(19)36-17-23(30)18-8-7-9-20(14-18)33-2/h5-11,14-15,24,26H,4,12-13,16-17H2,1-3H3/b19-15+/t24-,26+/m1/s1. The Kier molecular flexibility index (Phi) is 10.4. The Morgan fingerprint density at radius 2 is 1.94 bits per heavy atom. The van der Waals surface area contributed by atoms with Crippen LogP contribution in [0.15, 0.2) is 60.2 Å². The normalized spacial score (nSPS) is 17.9. The van der Waals surface area contributed by atoms with Crippen LogP contribution in [0.4, 0.5) is 0 Å². The molecule has 2 atom stereocenters. The topological polar surface area (TPSA) is 82.1 Å². The van der Waals surface area contributed by atoms with E-state index in [1.54, 1.807) is 56.5 Å². The van der Waals surface area contributed by atoms with E-state index in [9.17, 15) is 14.4 Å². The van der Waals surface area contributed by atoms with E-state index in [-0.39, 0.29) is 23.4 Å². The molecule has 1 aliphatic rings. The van der Waals surface area contributed by atoms with Crippen LogP contribution in [0.25, 0.3) is 0 Å². The van der Waals surface area contributed by atoms with Crippen molar-refractivity contribution in [2.75, 3.05) is 39.7 Å². The minimum absolute atomic E-state index is 0.0275. The van der Waals surface area contributed by atoms with Gasteiger partial charge < -0.3 is 14.2 Å². The Morgan fingerprint density at radius 3 is 2.64 bits per heavy atom. The quantitative estimate of drug-likeness (QED) is 0.247. The maximum absolute atomic E-state index is 12.8. The highest BCUT2D eigenvalue weighted by molar-refractivity contribution is 8.00. The third-order valence-corrected chi connectivity index (χ3v) is 7.58. The molecule has 0 spiro atoms. The van der Waals surface area contributed by atoms with Crippen LogP contribution in [0.3, 0.4) is 0 Å². The van der Waals surface area contributed by atoms with Gasteiger partial charge in [-0.2, -0.15) is 0 Å². The average molecular weight is 532 g/mol. The van der Waals surface area contributed by atoms with Crippen molar-refractivity contribution in [1.82, 2.24) is 4.90 Å². The molecule has 2 aromatic carbocycles. The molecule has 0 amide bonds. The molecule has 0 saturated carbocycles. The van der Waals surface area contributed by atoms with Gasteiger partial charge in [-0.25, -0.2) is 9.59 Å². The number of likely N-dealkylation sites (tertiary alicyclic amines) is 1. The van der Waals surface area contributed by atoms with Gasteiger partial charge in [0, 0.05) is 35.0 Å². The number of nitrogens with zero attached hydrogens (tertiary/aromatic N) is 1.